The first-order chi connectivity index (χ1) is 7.68. The molecular formula is C14H16ClN. The van der Waals surface area contributed by atoms with Crippen molar-refractivity contribution < 1.29 is 0 Å². The number of benzene rings is 1. The number of aromatic nitrogens is 1. The van der Waals surface area contributed by atoms with Crippen LogP contribution in [-0.2, 0) is 0 Å². The first-order valence-corrected chi connectivity index (χ1v) is 6.10. The van der Waals surface area contributed by atoms with Crippen molar-refractivity contribution in [3.8, 4) is 0 Å². The molecule has 2 heteroatoms. The largest absolute Gasteiger partial charge is 0.256 e. The number of pyridine rings is 1. The summed E-state index contributed by atoms with van der Waals surface area (Å²) in [6, 6.07) is 10.4. The molecule has 0 N–H and O–H groups in total. The zero-order valence-electron chi connectivity index (χ0n) is 9.65. The highest BCUT2D eigenvalue weighted by Gasteiger charge is 2.11. The molecule has 2 unspecified atom stereocenters. The molecule has 0 saturated heterocycles. The number of hydrogen-bond donors (Lipinski definition) is 0. The Morgan fingerprint density at radius 1 is 1.19 bits per heavy atom. The van der Waals surface area contributed by atoms with Crippen LogP contribution in [0.5, 0.6) is 0 Å². The van der Waals surface area contributed by atoms with Gasteiger partial charge in [-0.15, -0.1) is 11.6 Å². The predicted octanol–water partition coefficient (Wildman–Crippen LogP) is 4.36. The van der Waals surface area contributed by atoms with E-state index >= 15 is 0 Å². The molecule has 0 aliphatic heterocycles. The first kappa shape index (κ1) is 11.4. The fraction of sp³-hybridized carbons (Fsp3) is 0.357. The van der Waals surface area contributed by atoms with E-state index in [0.29, 0.717) is 5.92 Å². The third kappa shape index (κ3) is 2.35. The number of halogens is 1. The lowest BCUT2D eigenvalue weighted by atomic mass is 9.93. The van der Waals surface area contributed by atoms with Crippen molar-refractivity contribution in [1.29, 1.82) is 0 Å². The standard InChI is InChI=1S/C14H16ClN/c1-10(9-11(2)15)12-5-3-7-14-13(12)6-4-8-16-14/h3-8,10-11H,9H2,1-2H3. The average molecular weight is 234 g/mol. The van der Waals surface area contributed by atoms with Crippen molar-refractivity contribution in [2.75, 3.05) is 0 Å². The van der Waals surface area contributed by atoms with Crippen LogP contribution in [0.15, 0.2) is 36.5 Å². The van der Waals surface area contributed by atoms with Gasteiger partial charge < -0.3 is 0 Å². The van der Waals surface area contributed by atoms with Gasteiger partial charge in [-0.25, -0.2) is 0 Å². The molecule has 0 aliphatic carbocycles. The quantitative estimate of drug-likeness (QED) is 0.718. The van der Waals surface area contributed by atoms with E-state index in [1.54, 1.807) is 0 Å². The summed E-state index contributed by atoms with van der Waals surface area (Å²) in [5.74, 6) is 0.473. The van der Waals surface area contributed by atoms with E-state index in [2.05, 4.69) is 36.2 Å². The zero-order chi connectivity index (χ0) is 11.5. The van der Waals surface area contributed by atoms with Crippen molar-refractivity contribution in [2.24, 2.45) is 0 Å². The molecule has 0 bridgehead atoms. The van der Waals surface area contributed by atoms with Crippen molar-refractivity contribution in [1.82, 2.24) is 4.98 Å². The minimum atomic E-state index is 0.210. The molecule has 0 amide bonds. The Balaban J connectivity index is 2.44. The fourth-order valence-electron chi connectivity index (χ4n) is 2.17. The van der Waals surface area contributed by atoms with E-state index in [0.717, 1.165) is 11.9 Å². The molecule has 0 radical (unpaired) electrons. The van der Waals surface area contributed by atoms with Crippen LogP contribution in [0.4, 0.5) is 0 Å². The topological polar surface area (TPSA) is 12.9 Å². The highest BCUT2D eigenvalue weighted by Crippen LogP contribution is 2.28. The van der Waals surface area contributed by atoms with Crippen LogP contribution >= 0.6 is 11.6 Å². The van der Waals surface area contributed by atoms with E-state index in [-0.39, 0.29) is 5.38 Å². The van der Waals surface area contributed by atoms with Crippen LogP contribution in [0.3, 0.4) is 0 Å². The van der Waals surface area contributed by atoms with Gasteiger partial charge in [-0.05, 0) is 37.0 Å². The van der Waals surface area contributed by atoms with Gasteiger partial charge in [0.15, 0.2) is 0 Å². The third-order valence-electron chi connectivity index (χ3n) is 2.89. The third-order valence-corrected chi connectivity index (χ3v) is 3.07. The van der Waals surface area contributed by atoms with Crippen LogP contribution in [0, 0.1) is 0 Å². The lowest BCUT2D eigenvalue weighted by molar-refractivity contribution is 0.675. The Bertz CT molecular complexity index is 474. The van der Waals surface area contributed by atoms with Gasteiger partial charge in [-0.3, -0.25) is 4.98 Å². The molecule has 0 aliphatic rings. The maximum Gasteiger partial charge on any atom is 0.0704 e. The Labute approximate surface area is 101 Å². The molecule has 0 spiro atoms. The highest BCUT2D eigenvalue weighted by molar-refractivity contribution is 6.20. The van der Waals surface area contributed by atoms with E-state index in [9.17, 15) is 0 Å². The molecule has 2 rings (SSSR count). The van der Waals surface area contributed by atoms with Crippen LogP contribution in [0.25, 0.3) is 10.9 Å². The van der Waals surface area contributed by atoms with Gasteiger partial charge in [-0.2, -0.15) is 0 Å². The maximum absolute atomic E-state index is 6.06. The molecule has 1 aromatic heterocycles. The molecule has 1 nitrogen and oxygen atoms in total. The van der Waals surface area contributed by atoms with Gasteiger partial charge in [0.25, 0.3) is 0 Å². The van der Waals surface area contributed by atoms with E-state index in [4.69, 9.17) is 11.6 Å². The predicted molar refractivity (Wildman–Crippen MR) is 70.1 cm³/mol. The second kappa shape index (κ2) is 4.84. The number of rotatable bonds is 3. The van der Waals surface area contributed by atoms with E-state index in [1.165, 1.54) is 10.9 Å². The molecule has 84 valence electrons. The van der Waals surface area contributed by atoms with E-state index < -0.39 is 0 Å². The number of nitrogens with zero attached hydrogens (tertiary/aromatic N) is 1. The summed E-state index contributed by atoms with van der Waals surface area (Å²) in [6.45, 7) is 4.27. The molecular weight excluding hydrogens is 218 g/mol. The number of hydrogen-bond acceptors (Lipinski definition) is 1. The van der Waals surface area contributed by atoms with Gasteiger partial charge >= 0.3 is 0 Å². The summed E-state index contributed by atoms with van der Waals surface area (Å²) in [5, 5.41) is 1.46. The van der Waals surface area contributed by atoms with Crippen molar-refractivity contribution in [3.63, 3.8) is 0 Å². The zero-order valence-corrected chi connectivity index (χ0v) is 10.4. The molecule has 1 heterocycles. The van der Waals surface area contributed by atoms with Crippen molar-refractivity contribution in [3.05, 3.63) is 42.1 Å². The Kier molecular flexibility index (Phi) is 3.45. The van der Waals surface area contributed by atoms with Crippen LogP contribution in [0.2, 0.25) is 0 Å². The SMILES string of the molecule is CC(Cl)CC(C)c1cccc2ncccc12. The average Bonchev–Trinajstić information content (AvgIpc) is 2.27. The summed E-state index contributed by atoms with van der Waals surface area (Å²) < 4.78 is 0. The Morgan fingerprint density at radius 2 is 2.00 bits per heavy atom. The molecule has 0 fully saturated rings. The Hall–Kier alpha value is -1.08. The van der Waals surface area contributed by atoms with Crippen molar-refractivity contribution >= 4 is 22.5 Å². The molecule has 2 atom stereocenters. The van der Waals surface area contributed by atoms with Crippen LogP contribution in [0.1, 0.15) is 31.7 Å². The van der Waals surface area contributed by atoms with Gasteiger partial charge in [0.2, 0.25) is 0 Å². The normalized spacial score (nSPS) is 14.9. The molecule has 0 saturated carbocycles. The van der Waals surface area contributed by atoms with Crippen LogP contribution < -0.4 is 0 Å². The van der Waals surface area contributed by atoms with Gasteiger partial charge in [0.1, 0.15) is 0 Å². The lowest BCUT2D eigenvalue weighted by Crippen LogP contribution is -2.01. The minimum Gasteiger partial charge on any atom is -0.256 e. The lowest BCUT2D eigenvalue weighted by Gasteiger charge is -2.15. The highest BCUT2D eigenvalue weighted by atomic mass is 35.5. The van der Waals surface area contributed by atoms with E-state index in [1.807, 2.05) is 19.2 Å². The number of alkyl halides is 1. The molecule has 16 heavy (non-hydrogen) atoms. The summed E-state index contributed by atoms with van der Waals surface area (Å²) in [5.41, 5.74) is 2.41. The number of fused-ring (bicyclic) bond motifs is 1. The maximum atomic E-state index is 6.06. The van der Waals surface area contributed by atoms with Crippen molar-refractivity contribution in [2.45, 2.75) is 31.6 Å². The molecule has 1 aromatic carbocycles. The summed E-state index contributed by atoms with van der Waals surface area (Å²) in [6.07, 6.45) is 2.83. The molecule has 2 aromatic rings. The van der Waals surface area contributed by atoms with Crippen LogP contribution in [-0.4, -0.2) is 10.4 Å². The second-order valence-electron chi connectivity index (χ2n) is 4.33. The monoisotopic (exact) mass is 233 g/mol. The second-order valence-corrected chi connectivity index (χ2v) is 5.08. The van der Waals surface area contributed by atoms with Gasteiger partial charge in [-0.1, -0.05) is 25.1 Å². The van der Waals surface area contributed by atoms with Gasteiger partial charge in [0.05, 0.1) is 5.52 Å². The summed E-state index contributed by atoms with van der Waals surface area (Å²) in [4.78, 5) is 4.37. The summed E-state index contributed by atoms with van der Waals surface area (Å²) >= 11 is 6.06. The minimum absolute atomic E-state index is 0.210. The van der Waals surface area contributed by atoms with Gasteiger partial charge in [0, 0.05) is 17.0 Å². The fourth-order valence-corrected chi connectivity index (χ4v) is 2.44. The first-order valence-electron chi connectivity index (χ1n) is 5.66. The smallest absolute Gasteiger partial charge is 0.0704 e. The summed E-state index contributed by atoms with van der Waals surface area (Å²) in [7, 11) is 0. The Morgan fingerprint density at radius 3 is 2.75 bits per heavy atom.